The lowest BCUT2D eigenvalue weighted by atomic mass is 10.3. The minimum atomic E-state index is -0.583. The summed E-state index contributed by atoms with van der Waals surface area (Å²) in [6.45, 7) is 2.25. The smallest absolute Gasteiger partial charge is 0.287 e. The summed E-state index contributed by atoms with van der Waals surface area (Å²) in [7, 11) is 8.25. The highest BCUT2D eigenvalue weighted by molar-refractivity contribution is 6.07. The summed E-state index contributed by atoms with van der Waals surface area (Å²) in [5.41, 5.74) is 1.24. The maximum atomic E-state index is 12.9. The molecule has 15 heteroatoms. The number of aryl methyl sites for hydroxylation is 3. The van der Waals surface area contributed by atoms with E-state index in [1.807, 2.05) is 6.92 Å². The molecule has 3 aromatic heterocycles. The highest BCUT2D eigenvalue weighted by Gasteiger charge is 2.20. The average molecular weight is 541 g/mol. The van der Waals surface area contributed by atoms with Crippen molar-refractivity contribution < 1.29 is 19.3 Å². The van der Waals surface area contributed by atoms with E-state index in [1.165, 1.54) is 34.5 Å². The van der Waals surface area contributed by atoms with E-state index >= 15 is 0 Å². The molecule has 0 saturated carbocycles. The van der Waals surface area contributed by atoms with Gasteiger partial charge in [0.25, 0.3) is 23.4 Å². The third-order valence-electron chi connectivity index (χ3n) is 5.84. The van der Waals surface area contributed by atoms with Gasteiger partial charge in [0.2, 0.25) is 0 Å². The van der Waals surface area contributed by atoms with Gasteiger partial charge in [0.05, 0.1) is 22.5 Å². The van der Waals surface area contributed by atoms with E-state index in [0.717, 1.165) is 0 Å². The number of amides is 3. The molecule has 0 aliphatic heterocycles. The van der Waals surface area contributed by atoms with E-state index in [-0.39, 0.29) is 29.0 Å². The van der Waals surface area contributed by atoms with Crippen molar-refractivity contribution in [2.45, 2.75) is 13.0 Å². The Morgan fingerprint density at radius 2 is 1.38 bits per heavy atom. The fourth-order valence-electron chi connectivity index (χ4n) is 3.85. The molecule has 1 unspecified atom stereocenters. The predicted octanol–water partition coefficient (Wildman–Crippen LogP) is 1.03. The Kier molecular flexibility index (Phi) is 8.75. The van der Waals surface area contributed by atoms with Crippen LogP contribution in [0.1, 0.15) is 38.4 Å². The fraction of sp³-hybridized carbons (Fsp3) is 0.333. The van der Waals surface area contributed by atoms with Gasteiger partial charge in [-0.05, 0) is 19.1 Å². The van der Waals surface area contributed by atoms with Crippen LogP contribution in [0.15, 0.2) is 41.8 Å². The molecule has 0 aliphatic carbocycles. The molecule has 0 fully saturated rings. The highest BCUT2D eigenvalue weighted by Crippen LogP contribution is 2.20. The van der Waals surface area contributed by atoms with Gasteiger partial charge < -0.3 is 40.3 Å². The summed E-state index contributed by atoms with van der Waals surface area (Å²) in [4.78, 5) is 52.7. The zero-order chi connectivity index (χ0) is 28.9. The Morgan fingerprint density at radius 3 is 1.85 bits per heavy atom. The number of anilines is 2. The number of hydrogen-bond donors (Lipinski definition) is 5. The molecular formula is C24H32N10O5. The van der Waals surface area contributed by atoms with Gasteiger partial charge in [-0.15, -0.1) is 0 Å². The lowest BCUT2D eigenvalue weighted by molar-refractivity contribution is -0.384. The molecule has 39 heavy (non-hydrogen) atoms. The number of nitro groups is 1. The first-order chi connectivity index (χ1) is 18.4. The lowest BCUT2D eigenvalue weighted by Gasteiger charge is -2.17. The van der Waals surface area contributed by atoms with Crippen LogP contribution in [0.25, 0.3) is 0 Å². The van der Waals surface area contributed by atoms with E-state index in [2.05, 4.69) is 31.6 Å². The van der Waals surface area contributed by atoms with Crippen LogP contribution < -0.4 is 26.6 Å². The molecule has 3 heterocycles. The van der Waals surface area contributed by atoms with Crippen LogP contribution in [0.2, 0.25) is 0 Å². The number of carbonyl (C=O) groups excluding carboxylic acids is 3. The van der Waals surface area contributed by atoms with Gasteiger partial charge in [0, 0.05) is 66.3 Å². The van der Waals surface area contributed by atoms with Gasteiger partial charge >= 0.3 is 0 Å². The number of nitrogens with zero attached hydrogens (tertiary/aromatic N) is 5. The first-order valence-corrected chi connectivity index (χ1v) is 11.9. The van der Waals surface area contributed by atoms with Gasteiger partial charge in [0.1, 0.15) is 17.1 Å². The molecule has 208 valence electrons. The molecule has 0 saturated heterocycles. The quantitative estimate of drug-likeness (QED) is 0.116. The average Bonchev–Trinajstić information content (AvgIpc) is 3.56. The van der Waals surface area contributed by atoms with Crippen molar-refractivity contribution in [3.8, 4) is 0 Å². The SMILES string of the molecule is CN=C(NC)NC(C)CNC(=O)c1cc(NC(=O)c2cc(NC(=O)c3cc([N+](=O)[O-])cn3C)cn2C)cn1C. The minimum Gasteiger partial charge on any atom is -0.359 e. The second-order valence-electron chi connectivity index (χ2n) is 8.89. The fourth-order valence-corrected chi connectivity index (χ4v) is 3.85. The maximum absolute atomic E-state index is 12.9. The maximum Gasteiger partial charge on any atom is 0.287 e. The third-order valence-corrected chi connectivity index (χ3v) is 5.84. The van der Waals surface area contributed by atoms with Crippen molar-refractivity contribution >= 4 is 40.7 Å². The van der Waals surface area contributed by atoms with Crippen molar-refractivity contribution in [3.63, 3.8) is 0 Å². The molecule has 0 bridgehead atoms. The van der Waals surface area contributed by atoms with Crippen LogP contribution in [0.3, 0.4) is 0 Å². The van der Waals surface area contributed by atoms with Crippen LogP contribution in [0.5, 0.6) is 0 Å². The van der Waals surface area contributed by atoms with Crippen molar-refractivity contribution in [3.05, 3.63) is 64.0 Å². The molecule has 0 spiro atoms. The van der Waals surface area contributed by atoms with E-state index in [9.17, 15) is 24.5 Å². The van der Waals surface area contributed by atoms with Gasteiger partial charge in [-0.3, -0.25) is 29.5 Å². The van der Waals surface area contributed by atoms with Crippen LogP contribution in [-0.4, -0.2) is 69.0 Å². The molecule has 1 atom stereocenters. The summed E-state index contributed by atoms with van der Waals surface area (Å²) < 4.78 is 4.48. The zero-order valence-electron chi connectivity index (χ0n) is 22.5. The standard InChI is InChI=1S/C24H32N10O5/c1-14(28-24(25-2)26-3)10-27-21(35)18-7-15(11-31(18)4)29-22(36)19-8-16(12-32(19)5)30-23(37)20-9-17(34(38)39)13-33(20)6/h7-9,11-14H,10H2,1-6H3,(H,27,35)(H,29,36)(H,30,37)(H2,25,26,28). The Hall–Kier alpha value is -5.08. The largest absolute Gasteiger partial charge is 0.359 e. The Balaban J connectivity index is 1.63. The summed E-state index contributed by atoms with van der Waals surface area (Å²) in [5, 5.41) is 25.3. The van der Waals surface area contributed by atoms with Crippen molar-refractivity contribution in [1.82, 2.24) is 29.7 Å². The molecule has 0 aliphatic rings. The van der Waals surface area contributed by atoms with Gasteiger partial charge in [-0.2, -0.15) is 0 Å². The Labute approximate surface area is 224 Å². The number of hydrogen-bond acceptors (Lipinski definition) is 6. The second-order valence-corrected chi connectivity index (χ2v) is 8.89. The number of carbonyl (C=O) groups is 3. The van der Waals surface area contributed by atoms with Crippen LogP contribution >= 0.6 is 0 Å². The summed E-state index contributed by atoms with van der Waals surface area (Å²) in [6.07, 6.45) is 4.41. The summed E-state index contributed by atoms with van der Waals surface area (Å²) in [6, 6.07) is 4.13. The number of rotatable bonds is 9. The van der Waals surface area contributed by atoms with Crippen molar-refractivity contribution in [1.29, 1.82) is 0 Å². The number of guanidine groups is 1. The molecular weight excluding hydrogens is 508 g/mol. The second kappa shape index (κ2) is 12.0. The van der Waals surface area contributed by atoms with Crippen LogP contribution in [-0.2, 0) is 21.1 Å². The van der Waals surface area contributed by atoms with E-state index < -0.39 is 16.7 Å². The van der Waals surface area contributed by atoms with Crippen LogP contribution in [0, 0.1) is 10.1 Å². The molecule has 3 rings (SSSR count). The molecule has 3 amide bonds. The Morgan fingerprint density at radius 1 is 0.897 bits per heavy atom. The number of nitrogens with one attached hydrogen (secondary N) is 5. The Bertz CT molecular complexity index is 1430. The predicted molar refractivity (Wildman–Crippen MR) is 146 cm³/mol. The van der Waals surface area contributed by atoms with Gasteiger partial charge in [0.15, 0.2) is 5.96 Å². The van der Waals surface area contributed by atoms with Gasteiger partial charge in [-0.25, -0.2) is 0 Å². The summed E-state index contributed by atoms with van der Waals surface area (Å²) in [5.74, 6) is -0.722. The highest BCUT2D eigenvalue weighted by atomic mass is 16.6. The topological polar surface area (TPSA) is 182 Å². The van der Waals surface area contributed by atoms with Gasteiger partial charge in [-0.1, -0.05) is 0 Å². The molecule has 15 nitrogen and oxygen atoms in total. The molecule has 3 aromatic rings. The van der Waals surface area contributed by atoms with Crippen molar-refractivity contribution in [2.24, 2.45) is 26.1 Å². The molecule has 5 N–H and O–H groups in total. The summed E-state index contributed by atoms with van der Waals surface area (Å²) >= 11 is 0. The van der Waals surface area contributed by atoms with E-state index in [0.29, 0.717) is 29.6 Å². The number of aromatic nitrogens is 3. The first kappa shape index (κ1) is 28.5. The number of aliphatic imine (C=N–C) groups is 1. The normalized spacial score (nSPS) is 12.0. The minimum absolute atomic E-state index is 0.0803. The first-order valence-electron chi connectivity index (χ1n) is 11.9. The van der Waals surface area contributed by atoms with Crippen molar-refractivity contribution in [2.75, 3.05) is 31.3 Å². The molecule has 0 radical (unpaired) electrons. The van der Waals surface area contributed by atoms with E-state index in [1.54, 1.807) is 51.2 Å². The van der Waals surface area contributed by atoms with Crippen LogP contribution in [0.4, 0.5) is 17.1 Å². The third kappa shape index (κ3) is 6.82. The molecule has 0 aromatic carbocycles. The monoisotopic (exact) mass is 540 g/mol. The lowest BCUT2D eigenvalue weighted by Crippen LogP contribution is -2.46. The zero-order valence-corrected chi connectivity index (χ0v) is 22.5. The van der Waals surface area contributed by atoms with E-state index in [4.69, 9.17) is 0 Å².